The van der Waals surface area contributed by atoms with Crippen LogP contribution in [0, 0.1) is 0 Å². The zero-order chi connectivity index (χ0) is 22.5. The Bertz CT molecular complexity index is 1200. The Morgan fingerprint density at radius 3 is 2.56 bits per heavy atom. The minimum atomic E-state index is -0.508. The maximum atomic E-state index is 12.7. The summed E-state index contributed by atoms with van der Waals surface area (Å²) in [5.41, 5.74) is 17.5. The van der Waals surface area contributed by atoms with E-state index in [1.807, 2.05) is 24.3 Å². The molecule has 3 aromatic rings. The highest BCUT2D eigenvalue weighted by Gasteiger charge is 2.20. The molecule has 0 saturated heterocycles. The van der Waals surface area contributed by atoms with E-state index in [2.05, 4.69) is 28.5 Å². The number of hydrogen-bond donors (Lipinski definition) is 3. The SMILES string of the molecule is NCCC(=O)Oc1ccccc1C(=O)NC(N)=NCc1cccc2c1-c1ccccc1C2. The van der Waals surface area contributed by atoms with Gasteiger partial charge in [0.1, 0.15) is 5.75 Å². The van der Waals surface area contributed by atoms with E-state index in [0.29, 0.717) is 6.54 Å². The van der Waals surface area contributed by atoms with Crippen LogP contribution in [0.2, 0.25) is 0 Å². The maximum Gasteiger partial charge on any atom is 0.312 e. The Hall–Kier alpha value is -3.97. The highest BCUT2D eigenvalue weighted by molar-refractivity contribution is 6.07. The third-order valence-electron chi connectivity index (χ3n) is 5.27. The molecule has 0 aromatic heterocycles. The van der Waals surface area contributed by atoms with Crippen LogP contribution in [0.15, 0.2) is 71.7 Å². The molecule has 162 valence electrons. The third-order valence-corrected chi connectivity index (χ3v) is 5.27. The largest absolute Gasteiger partial charge is 0.426 e. The average molecular weight is 428 g/mol. The first-order chi connectivity index (χ1) is 15.6. The van der Waals surface area contributed by atoms with Gasteiger partial charge in [-0.2, -0.15) is 0 Å². The first-order valence-electron chi connectivity index (χ1n) is 10.4. The van der Waals surface area contributed by atoms with Gasteiger partial charge in [-0.3, -0.25) is 14.9 Å². The van der Waals surface area contributed by atoms with Crippen LogP contribution in [-0.4, -0.2) is 24.4 Å². The molecule has 4 rings (SSSR count). The van der Waals surface area contributed by atoms with Crippen molar-refractivity contribution in [1.82, 2.24) is 5.32 Å². The van der Waals surface area contributed by atoms with Gasteiger partial charge in [0.2, 0.25) is 0 Å². The van der Waals surface area contributed by atoms with Gasteiger partial charge in [-0.25, -0.2) is 4.99 Å². The van der Waals surface area contributed by atoms with Crippen LogP contribution in [0.25, 0.3) is 11.1 Å². The number of hydrogen-bond acceptors (Lipinski definition) is 5. The quantitative estimate of drug-likeness (QED) is 0.189. The fraction of sp³-hybridized carbons (Fsp3) is 0.160. The van der Waals surface area contributed by atoms with Crippen LogP contribution < -0.4 is 21.5 Å². The predicted octanol–water partition coefficient (Wildman–Crippen LogP) is 2.76. The highest BCUT2D eigenvalue weighted by Crippen LogP contribution is 2.38. The van der Waals surface area contributed by atoms with E-state index in [9.17, 15) is 9.59 Å². The topological polar surface area (TPSA) is 120 Å². The molecule has 5 N–H and O–H groups in total. The number of rotatable bonds is 6. The van der Waals surface area contributed by atoms with Crippen molar-refractivity contribution in [3.05, 3.63) is 89.0 Å². The minimum absolute atomic E-state index is 0.0121. The van der Waals surface area contributed by atoms with Crippen molar-refractivity contribution >= 4 is 17.8 Å². The number of nitrogens with one attached hydrogen (secondary N) is 1. The summed E-state index contributed by atoms with van der Waals surface area (Å²) in [7, 11) is 0. The van der Waals surface area contributed by atoms with Crippen molar-refractivity contribution in [2.45, 2.75) is 19.4 Å². The number of amides is 1. The monoisotopic (exact) mass is 428 g/mol. The molecule has 32 heavy (non-hydrogen) atoms. The van der Waals surface area contributed by atoms with Gasteiger partial charge in [-0.1, -0.05) is 54.6 Å². The summed E-state index contributed by atoms with van der Waals surface area (Å²) in [6.45, 7) is 0.497. The molecule has 0 atom stereocenters. The van der Waals surface area contributed by atoms with Crippen molar-refractivity contribution in [1.29, 1.82) is 0 Å². The second-order valence-corrected chi connectivity index (χ2v) is 7.45. The van der Waals surface area contributed by atoms with Gasteiger partial charge in [-0.15, -0.1) is 0 Å². The van der Waals surface area contributed by atoms with Crippen LogP contribution >= 0.6 is 0 Å². The molecule has 3 aromatic carbocycles. The Kier molecular flexibility index (Phi) is 6.28. The normalized spacial score (nSPS) is 12.1. The number of aliphatic imine (C=N–C) groups is 1. The van der Waals surface area contributed by atoms with E-state index in [4.69, 9.17) is 16.2 Å². The Morgan fingerprint density at radius 2 is 1.72 bits per heavy atom. The predicted molar refractivity (Wildman–Crippen MR) is 123 cm³/mol. The standard InChI is InChI=1S/C25H24N4O3/c26-13-12-22(30)32-21-11-4-3-10-20(21)24(31)29-25(27)28-15-18-8-5-7-17-14-16-6-1-2-9-19(16)23(17)18/h1-11H,12-15,26H2,(H3,27,28,29,31). The smallest absolute Gasteiger partial charge is 0.312 e. The first kappa shape index (κ1) is 21.3. The molecule has 0 aliphatic heterocycles. The van der Waals surface area contributed by atoms with Crippen molar-refractivity contribution in [3.8, 4) is 16.9 Å². The van der Waals surface area contributed by atoms with Crippen LogP contribution in [-0.2, 0) is 17.8 Å². The van der Waals surface area contributed by atoms with Gasteiger partial charge in [0, 0.05) is 6.54 Å². The summed E-state index contributed by atoms with van der Waals surface area (Å²) in [6, 6.07) is 20.9. The van der Waals surface area contributed by atoms with E-state index in [1.54, 1.807) is 24.3 Å². The highest BCUT2D eigenvalue weighted by atomic mass is 16.5. The number of para-hydroxylation sites is 1. The molecule has 0 heterocycles. The lowest BCUT2D eigenvalue weighted by Crippen LogP contribution is -2.37. The fourth-order valence-electron chi connectivity index (χ4n) is 3.83. The Morgan fingerprint density at radius 1 is 0.969 bits per heavy atom. The van der Waals surface area contributed by atoms with Crippen LogP contribution in [0.4, 0.5) is 0 Å². The van der Waals surface area contributed by atoms with E-state index >= 15 is 0 Å². The van der Waals surface area contributed by atoms with Crippen molar-refractivity contribution < 1.29 is 14.3 Å². The molecule has 0 saturated carbocycles. The molecule has 1 aliphatic rings. The van der Waals surface area contributed by atoms with Crippen molar-refractivity contribution in [2.75, 3.05) is 6.54 Å². The average Bonchev–Trinajstić information content (AvgIpc) is 3.17. The van der Waals surface area contributed by atoms with Gasteiger partial charge in [-0.05, 0) is 46.4 Å². The molecule has 0 bridgehead atoms. The van der Waals surface area contributed by atoms with Gasteiger partial charge in [0.15, 0.2) is 5.96 Å². The second-order valence-electron chi connectivity index (χ2n) is 7.45. The number of carbonyl (C=O) groups excluding carboxylic acids is 2. The molecule has 7 nitrogen and oxygen atoms in total. The Balaban J connectivity index is 1.48. The lowest BCUT2D eigenvalue weighted by molar-refractivity contribution is -0.134. The Labute approximate surface area is 186 Å². The van der Waals surface area contributed by atoms with E-state index < -0.39 is 11.9 Å². The summed E-state index contributed by atoms with van der Waals surface area (Å²) >= 11 is 0. The summed E-state index contributed by atoms with van der Waals surface area (Å²) in [5, 5.41) is 2.57. The summed E-state index contributed by atoms with van der Waals surface area (Å²) < 4.78 is 5.24. The van der Waals surface area contributed by atoms with Gasteiger partial charge in [0.25, 0.3) is 5.91 Å². The zero-order valence-corrected chi connectivity index (χ0v) is 17.5. The summed E-state index contributed by atoms with van der Waals surface area (Å²) in [6.07, 6.45) is 0.957. The fourth-order valence-corrected chi connectivity index (χ4v) is 3.83. The zero-order valence-electron chi connectivity index (χ0n) is 17.5. The summed E-state index contributed by atoms with van der Waals surface area (Å²) in [5.74, 6) is -0.880. The van der Waals surface area contributed by atoms with Crippen molar-refractivity contribution in [3.63, 3.8) is 0 Å². The summed E-state index contributed by atoms with van der Waals surface area (Å²) in [4.78, 5) is 28.8. The molecule has 1 amide bonds. The molecule has 0 radical (unpaired) electrons. The number of nitrogens with two attached hydrogens (primary N) is 2. The molecule has 0 spiro atoms. The van der Waals surface area contributed by atoms with Crippen molar-refractivity contribution in [2.24, 2.45) is 16.5 Å². The van der Waals surface area contributed by atoms with E-state index in [-0.39, 0.29) is 30.2 Å². The molecule has 1 aliphatic carbocycles. The number of nitrogens with zero attached hydrogens (tertiary/aromatic N) is 1. The minimum Gasteiger partial charge on any atom is -0.426 e. The number of fused-ring (bicyclic) bond motifs is 3. The van der Waals surface area contributed by atoms with Crippen LogP contribution in [0.5, 0.6) is 5.75 Å². The van der Waals surface area contributed by atoms with E-state index in [0.717, 1.165) is 12.0 Å². The molecule has 0 fully saturated rings. The van der Waals surface area contributed by atoms with E-state index in [1.165, 1.54) is 22.3 Å². The number of guanidine groups is 1. The maximum absolute atomic E-state index is 12.7. The third kappa shape index (κ3) is 4.53. The van der Waals surface area contributed by atoms with Gasteiger partial charge >= 0.3 is 5.97 Å². The molecule has 7 heteroatoms. The van der Waals surface area contributed by atoms with Crippen LogP contribution in [0.3, 0.4) is 0 Å². The van der Waals surface area contributed by atoms with Gasteiger partial charge < -0.3 is 16.2 Å². The molecular formula is C25H24N4O3. The first-order valence-corrected chi connectivity index (χ1v) is 10.4. The van der Waals surface area contributed by atoms with Gasteiger partial charge in [0.05, 0.1) is 18.5 Å². The number of ether oxygens (including phenoxy) is 1. The number of benzene rings is 3. The lowest BCUT2D eigenvalue weighted by atomic mass is 10.00. The number of esters is 1. The molecule has 0 unspecified atom stereocenters. The van der Waals surface area contributed by atoms with Crippen LogP contribution in [0.1, 0.15) is 33.5 Å². The number of carbonyl (C=O) groups is 2. The second kappa shape index (κ2) is 9.45. The lowest BCUT2D eigenvalue weighted by Gasteiger charge is -2.11. The molecular weight excluding hydrogens is 404 g/mol.